The smallest absolute Gasteiger partial charge is 0.229 e. The third-order valence-corrected chi connectivity index (χ3v) is 4.02. The van der Waals surface area contributed by atoms with Gasteiger partial charge in [0.25, 0.3) is 0 Å². The summed E-state index contributed by atoms with van der Waals surface area (Å²) in [5, 5.41) is 3.01. The highest BCUT2D eigenvalue weighted by Crippen LogP contribution is 2.23. The summed E-state index contributed by atoms with van der Waals surface area (Å²) in [6.07, 6.45) is 5.28. The van der Waals surface area contributed by atoms with E-state index in [1.54, 1.807) is 0 Å². The number of hydrogen-bond acceptors (Lipinski definition) is 3. The zero-order valence-corrected chi connectivity index (χ0v) is 11.5. The molecule has 0 aromatic carbocycles. The maximum atomic E-state index is 11.8. The van der Waals surface area contributed by atoms with Crippen molar-refractivity contribution in [2.45, 2.75) is 57.9 Å². The van der Waals surface area contributed by atoms with Crippen LogP contribution in [0.25, 0.3) is 0 Å². The van der Waals surface area contributed by atoms with Gasteiger partial charge in [-0.2, -0.15) is 0 Å². The van der Waals surface area contributed by atoms with Crippen LogP contribution in [-0.2, 0) is 14.4 Å². The lowest BCUT2D eigenvalue weighted by Crippen LogP contribution is -2.40. The lowest BCUT2D eigenvalue weighted by molar-refractivity contribution is -0.138. The molecule has 2 rings (SSSR count). The van der Waals surface area contributed by atoms with Gasteiger partial charge in [-0.25, -0.2) is 0 Å². The van der Waals surface area contributed by atoms with Gasteiger partial charge >= 0.3 is 0 Å². The van der Waals surface area contributed by atoms with E-state index in [9.17, 15) is 14.4 Å². The number of likely N-dealkylation sites (tertiary alicyclic amines) is 1. The third-order valence-electron chi connectivity index (χ3n) is 4.02. The predicted octanol–water partition coefficient (Wildman–Crippen LogP) is 1.22. The lowest BCUT2D eigenvalue weighted by Gasteiger charge is -2.27. The first-order chi connectivity index (χ1) is 9.06. The Morgan fingerprint density at radius 3 is 2.58 bits per heavy atom. The molecule has 0 aromatic heterocycles. The second-order valence-electron chi connectivity index (χ2n) is 5.73. The fourth-order valence-electron chi connectivity index (χ4n) is 2.95. The Bertz CT molecular complexity index is 365. The Morgan fingerprint density at radius 1 is 1.26 bits per heavy atom. The molecule has 19 heavy (non-hydrogen) atoms. The van der Waals surface area contributed by atoms with Crippen LogP contribution >= 0.6 is 0 Å². The first-order valence-corrected chi connectivity index (χ1v) is 7.19. The van der Waals surface area contributed by atoms with Crippen molar-refractivity contribution in [3.63, 3.8) is 0 Å². The van der Waals surface area contributed by atoms with E-state index < -0.39 is 0 Å². The SMILES string of the molecule is CC1CCCC(NC(=O)CCN2C(=O)CCC2=O)C1. The molecule has 106 valence electrons. The number of carbonyl (C=O) groups excluding carboxylic acids is 3. The predicted molar refractivity (Wildman–Crippen MR) is 70.1 cm³/mol. The fourth-order valence-corrected chi connectivity index (χ4v) is 2.95. The van der Waals surface area contributed by atoms with Gasteiger partial charge < -0.3 is 5.32 Å². The summed E-state index contributed by atoms with van der Waals surface area (Å²) in [6, 6.07) is 0.265. The molecule has 1 heterocycles. The number of rotatable bonds is 4. The average molecular weight is 266 g/mol. The van der Waals surface area contributed by atoms with Gasteiger partial charge in [-0.3, -0.25) is 19.3 Å². The van der Waals surface area contributed by atoms with Crippen molar-refractivity contribution in [1.82, 2.24) is 10.2 Å². The highest BCUT2D eigenvalue weighted by atomic mass is 16.2. The average Bonchev–Trinajstić information content (AvgIpc) is 2.67. The molecule has 5 heteroatoms. The molecule has 1 N–H and O–H groups in total. The van der Waals surface area contributed by atoms with Gasteiger partial charge in [0.1, 0.15) is 0 Å². The lowest BCUT2D eigenvalue weighted by atomic mass is 9.87. The summed E-state index contributed by atoms with van der Waals surface area (Å²) in [4.78, 5) is 35.8. The highest BCUT2D eigenvalue weighted by Gasteiger charge is 2.29. The van der Waals surface area contributed by atoms with Crippen molar-refractivity contribution in [3.05, 3.63) is 0 Å². The number of hydrogen-bond donors (Lipinski definition) is 1. The maximum absolute atomic E-state index is 11.8. The second kappa shape index (κ2) is 6.17. The molecular formula is C14H22N2O3. The Balaban J connectivity index is 1.72. The van der Waals surface area contributed by atoms with Crippen molar-refractivity contribution < 1.29 is 14.4 Å². The van der Waals surface area contributed by atoms with Crippen molar-refractivity contribution in [2.24, 2.45) is 5.92 Å². The minimum Gasteiger partial charge on any atom is -0.353 e. The van der Waals surface area contributed by atoms with E-state index in [1.165, 1.54) is 11.3 Å². The molecular weight excluding hydrogens is 244 g/mol. The molecule has 2 aliphatic rings. The maximum Gasteiger partial charge on any atom is 0.229 e. The quantitative estimate of drug-likeness (QED) is 0.778. The van der Waals surface area contributed by atoms with Crippen molar-refractivity contribution in [2.75, 3.05) is 6.54 Å². The van der Waals surface area contributed by atoms with Crippen LogP contribution in [0.2, 0.25) is 0 Å². The zero-order chi connectivity index (χ0) is 13.8. The molecule has 1 saturated heterocycles. The summed E-state index contributed by atoms with van der Waals surface area (Å²) in [5.74, 6) is 0.320. The molecule has 5 nitrogen and oxygen atoms in total. The van der Waals surface area contributed by atoms with Crippen LogP contribution in [0, 0.1) is 5.92 Å². The van der Waals surface area contributed by atoms with E-state index >= 15 is 0 Å². The fraction of sp³-hybridized carbons (Fsp3) is 0.786. The van der Waals surface area contributed by atoms with Crippen LogP contribution in [0.3, 0.4) is 0 Å². The van der Waals surface area contributed by atoms with Crippen LogP contribution in [0.15, 0.2) is 0 Å². The third kappa shape index (κ3) is 3.78. The topological polar surface area (TPSA) is 66.5 Å². The molecule has 1 aliphatic heterocycles. The van der Waals surface area contributed by atoms with Crippen molar-refractivity contribution in [3.8, 4) is 0 Å². The minimum atomic E-state index is -0.149. The van der Waals surface area contributed by atoms with Gasteiger partial charge in [-0.05, 0) is 18.8 Å². The van der Waals surface area contributed by atoms with Crippen LogP contribution < -0.4 is 5.32 Å². The van der Waals surface area contributed by atoms with Crippen molar-refractivity contribution >= 4 is 17.7 Å². The van der Waals surface area contributed by atoms with Crippen LogP contribution in [-0.4, -0.2) is 35.2 Å². The van der Waals surface area contributed by atoms with Crippen LogP contribution in [0.1, 0.15) is 51.9 Å². The first-order valence-electron chi connectivity index (χ1n) is 7.19. The molecule has 0 spiro atoms. The molecule has 2 fully saturated rings. The van der Waals surface area contributed by atoms with Gasteiger partial charge in [-0.1, -0.05) is 19.8 Å². The van der Waals surface area contributed by atoms with Crippen LogP contribution in [0.5, 0.6) is 0 Å². The van der Waals surface area contributed by atoms with E-state index in [4.69, 9.17) is 0 Å². The molecule has 0 radical (unpaired) electrons. The number of amides is 3. The highest BCUT2D eigenvalue weighted by molar-refractivity contribution is 6.02. The first kappa shape index (κ1) is 14.0. The van der Waals surface area contributed by atoms with E-state index in [0.717, 1.165) is 19.3 Å². The van der Waals surface area contributed by atoms with Crippen LogP contribution in [0.4, 0.5) is 0 Å². The monoisotopic (exact) mass is 266 g/mol. The minimum absolute atomic E-state index is 0.0494. The van der Waals surface area contributed by atoms with Crippen molar-refractivity contribution in [1.29, 1.82) is 0 Å². The summed E-state index contributed by atoms with van der Waals surface area (Å²) in [5.41, 5.74) is 0. The second-order valence-corrected chi connectivity index (χ2v) is 5.73. The van der Waals surface area contributed by atoms with Gasteiger partial charge in [0, 0.05) is 31.8 Å². The van der Waals surface area contributed by atoms with Gasteiger partial charge in [0.15, 0.2) is 0 Å². The molecule has 3 amide bonds. The Kier molecular flexibility index (Phi) is 4.56. The normalized spacial score (nSPS) is 27.7. The number of nitrogens with zero attached hydrogens (tertiary/aromatic N) is 1. The number of imide groups is 1. The Hall–Kier alpha value is -1.39. The molecule has 2 atom stereocenters. The molecule has 0 aromatic rings. The standard InChI is InChI=1S/C14H22N2O3/c1-10-3-2-4-11(9-10)15-12(17)7-8-16-13(18)5-6-14(16)19/h10-11H,2-9H2,1H3,(H,15,17). The molecule has 1 aliphatic carbocycles. The molecule has 0 bridgehead atoms. The summed E-state index contributed by atoms with van der Waals surface area (Å²) >= 11 is 0. The summed E-state index contributed by atoms with van der Waals surface area (Å²) in [6.45, 7) is 2.44. The van der Waals surface area contributed by atoms with E-state index in [2.05, 4.69) is 12.2 Å². The van der Waals surface area contributed by atoms with Gasteiger partial charge in [-0.15, -0.1) is 0 Å². The Morgan fingerprint density at radius 2 is 1.95 bits per heavy atom. The molecule has 1 saturated carbocycles. The number of nitrogens with one attached hydrogen (secondary N) is 1. The Labute approximate surface area is 113 Å². The van der Waals surface area contributed by atoms with E-state index in [0.29, 0.717) is 18.8 Å². The number of carbonyl (C=O) groups is 3. The van der Waals surface area contributed by atoms with Gasteiger partial charge in [0.2, 0.25) is 17.7 Å². The zero-order valence-electron chi connectivity index (χ0n) is 11.5. The summed E-state index contributed by atoms with van der Waals surface area (Å²) < 4.78 is 0. The van der Waals surface area contributed by atoms with Gasteiger partial charge in [0.05, 0.1) is 0 Å². The summed E-state index contributed by atoms with van der Waals surface area (Å²) in [7, 11) is 0. The largest absolute Gasteiger partial charge is 0.353 e. The van der Waals surface area contributed by atoms with E-state index in [1.807, 2.05) is 0 Å². The molecule has 2 unspecified atom stereocenters. The van der Waals surface area contributed by atoms with E-state index in [-0.39, 0.29) is 36.7 Å².